The minimum Gasteiger partial charge on any atom is -0.390 e. The fourth-order valence-electron chi connectivity index (χ4n) is 4.82. The lowest BCUT2D eigenvalue weighted by Crippen LogP contribution is -2.55. The lowest BCUT2D eigenvalue weighted by atomic mass is 9.96. The number of carbonyl (C=O) groups excluding carboxylic acids is 3. The summed E-state index contributed by atoms with van der Waals surface area (Å²) in [5, 5.41) is 19.0. The number of rotatable bonds is 21. The largest absolute Gasteiger partial charge is 0.390 e. The molecule has 2 aromatic rings. The molecule has 4 atom stereocenters. The first kappa shape index (κ1) is 39.2. The van der Waals surface area contributed by atoms with Crippen molar-refractivity contribution in [2.75, 3.05) is 18.8 Å². The minimum atomic E-state index is -3.88. The van der Waals surface area contributed by atoms with Gasteiger partial charge in [0, 0.05) is 13.1 Å². The second kappa shape index (κ2) is 20.3. The zero-order chi connectivity index (χ0) is 34.8. The summed E-state index contributed by atoms with van der Waals surface area (Å²) in [5.74, 6) is -1.90. The van der Waals surface area contributed by atoms with Gasteiger partial charge in [-0.2, -0.15) is 0 Å². The van der Waals surface area contributed by atoms with Crippen LogP contribution in [-0.4, -0.2) is 80.3 Å². The van der Waals surface area contributed by atoms with Crippen molar-refractivity contribution in [1.29, 1.82) is 0 Å². The Kier molecular flexibility index (Phi) is 16.9. The molecule has 0 aromatic heterocycles. The van der Waals surface area contributed by atoms with E-state index in [1.807, 2.05) is 74.5 Å². The summed E-state index contributed by atoms with van der Waals surface area (Å²) in [6.45, 7) is 5.90. The van der Waals surface area contributed by atoms with Gasteiger partial charge in [0.25, 0.3) is 0 Å². The predicted octanol–water partition coefficient (Wildman–Crippen LogP) is 0.716. The van der Waals surface area contributed by atoms with E-state index in [0.717, 1.165) is 11.1 Å². The molecule has 0 aliphatic rings. The van der Waals surface area contributed by atoms with Crippen molar-refractivity contribution >= 4 is 33.7 Å². The third kappa shape index (κ3) is 16.4. The van der Waals surface area contributed by atoms with Gasteiger partial charge in [-0.25, -0.2) is 13.1 Å². The third-order valence-electron chi connectivity index (χ3n) is 7.33. The maximum atomic E-state index is 13.3. The Morgan fingerprint density at radius 3 is 2.04 bits per heavy atom. The zero-order valence-corrected chi connectivity index (χ0v) is 28.3. The smallest absolute Gasteiger partial charge is 0.242 e. The molecule has 0 radical (unpaired) electrons. The van der Waals surface area contributed by atoms with Crippen LogP contribution in [0.2, 0.25) is 0 Å². The van der Waals surface area contributed by atoms with E-state index < -0.39 is 46.1 Å². The molecule has 0 saturated heterocycles. The summed E-state index contributed by atoms with van der Waals surface area (Å²) in [7, 11) is -3.88. The molecule has 9 N–H and O–H groups in total. The molecular weight excluding hydrogens is 622 g/mol. The van der Waals surface area contributed by atoms with Crippen LogP contribution in [0, 0.1) is 5.92 Å². The third-order valence-corrected chi connectivity index (χ3v) is 8.71. The second-order valence-electron chi connectivity index (χ2n) is 12.0. The number of aliphatic hydroxyl groups excluding tert-OH is 1. The number of nitrogens with zero attached hydrogens (tertiary/aromatic N) is 1. The van der Waals surface area contributed by atoms with E-state index in [0.29, 0.717) is 25.8 Å². The van der Waals surface area contributed by atoms with Gasteiger partial charge >= 0.3 is 0 Å². The number of nitrogens with two attached hydrogens (primary N) is 2. The van der Waals surface area contributed by atoms with Crippen molar-refractivity contribution in [2.45, 2.75) is 83.5 Å². The number of hydrogen-bond donors (Lipinski definition) is 7. The van der Waals surface area contributed by atoms with Crippen LogP contribution < -0.4 is 32.1 Å². The standard InChI is InChI=1S/C33H51N7O6S/c1-23(2)21-28(29(41)22-30(42)36-19-16-25-11-6-4-7-12-25)39-31(43)24(3)38-32(44)27(15-10-18-37-33(34)35)40-47(45,46)20-17-26-13-8-5-9-14-26/h4-9,11-14,23-24,27-29,40-41H,10,15-22H2,1-3H3,(H,36,42)(H,38,44)(H,39,43)(H4,34,35,37)/t24-,27-,28-,29-/m0/s1. The van der Waals surface area contributed by atoms with Gasteiger partial charge in [-0.15, -0.1) is 0 Å². The molecule has 47 heavy (non-hydrogen) atoms. The van der Waals surface area contributed by atoms with Gasteiger partial charge in [0.1, 0.15) is 12.1 Å². The van der Waals surface area contributed by atoms with E-state index in [2.05, 4.69) is 25.7 Å². The molecule has 2 aromatic carbocycles. The molecule has 13 nitrogen and oxygen atoms in total. The Labute approximate surface area is 278 Å². The van der Waals surface area contributed by atoms with Crippen molar-refractivity contribution in [3.05, 3.63) is 71.8 Å². The topological polar surface area (TPSA) is 218 Å². The number of benzene rings is 2. The summed E-state index contributed by atoms with van der Waals surface area (Å²) in [4.78, 5) is 42.9. The molecule has 0 spiro atoms. The highest BCUT2D eigenvalue weighted by molar-refractivity contribution is 7.89. The number of sulfonamides is 1. The van der Waals surface area contributed by atoms with Gasteiger partial charge in [-0.1, -0.05) is 74.5 Å². The molecule has 0 unspecified atom stereocenters. The molecule has 0 aliphatic heterocycles. The first-order valence-corrected chi connectivity index (χ1v) is 17.6. The van der Waals surface area contributed by atoms with Crippen LogP contribution in [0.5, 0.6) is 0 Å². The van der Waals surface area contributed by atoms with Crippen LogP contribution in [0.3, 0.4) is 0 Å². The Morgan fingerprint density at radius 1 is 0.872 bits per heavy atom. The number of hydrogen-bond acceptors (Lipinski definition) is 7. The number of aliphatic imine (C=N–C) groups is 1. The number of amides is 3. The summed E-state index contributed by atoms with van der Waals surface area (Å²) in [5.41, 5.74) is 12.7. The van der Waals surface area contributed by atoms with Crippen LogP contribution in [0.25, 0.3) is 0 Å². The Morgan fingerprint density at radius 2 is 1.47 bits per heavy atom. The van der Waals surface area contributed by atoms with E-state index in [4.69, 9.17) is 11.5 Å². The molecule has 3 amide bonds. The highest BCUT2D eigenvalue weighted by Crippen LogP contribution is 2.12. The zero-order valence-electron chi connectivity index (χ0n) is 27.5. The molecule has 0 aliphatic carbocycles. The van der Waals surface area contributed by atoms with Gasteiger partial charge in [-0.3, -0.25) is 19.4 Å². The molecule has 260 valence electrons. The lowest BCUT2D eigenvalue weighted by Gasteiger charge is -2.27. The normalized spacial score (nSPS) is 14.0. The number of guanidine groups is 1. The van der Waals surface area contributed by atoms with Crippen molar-refractivity contribution in [2.24, 2.45) is 22.4 Å². The maximum Gasteiger partial charge on any atom is 0.242 e. The van der Waals surface area contributed by atoms with Crippen LogP contribution in [0.4, 0.5) is 0 Å². The number of carbonyl (C=O) groups is 3. The maximum absolute atomic E-state index is 13.3. The van der Waals surface area contributed by atoms with Crippen molar-refractivity contribution in [1.82, 2.24) is 20.7 Å². The van der Waals surface area contributed by atoms with Gasteiger partial charge in [-0.05, 0) is 56.1 Å². The van der Waals surface area contributed by atoms with Crippen LogP contribution in [0.15, 0.2) is 65.7 Å². The second-order valence-corrected chi connectivity index (χ2v) is 13.9. The number of aryl methyl sites for hydroxylation is 1. The highest BCUT2D eigenvalue weighted by Gasteiger charge is 2.30. The fourth-order valence-corrected chi connectivity index (χ4v) is 6.10. The monoisotopic (exact) mass is 673 g/mol. The molecular formula is C33H51N7O6S. The van der Waals surface area contributed by atoms with Gasteiger partial charge < -0.3 is 32.5 Å². The molecule has 2 rings (SSSR count). The minimum absolute atomic E-state index is 0.0790. The molecule has 14 heteroatoms. The van der Waals surface area contributed by atoms with Crippen LogP contribution in [-0.2, 0) is 37.2 Å². The van der Waals surface area contributed by atoms with Crippen LogP contribution >= 0.6 is 0 Å². The lowest BCUT2D eigenvalue weighted by molar-refractivity contribution is -0.131. The SMILES string of the molecule is CC(C)C[C@H](NC(=O)[C@H](C)NC(=O)[C@H](CCCN=C(N)N)NS(=O)(=O)CCc1ccccc1)[C@@H](O)CC(=O)NCCc1ccccc1. The van der Waals surface area contributed by atoms with E-state index in [1.54, 1.807) is 0 Å². The Hall–Kier alpha value is -4.01. The van der Waals surface area contributed by atoms with E-state index in [1.165, 1.54) is 6.92 Å². The van der Waals surface area contributed by atoms with Crippen molar-refractivity contribution in [3.8, 4) is 0 Å². The Balaban J connectivity index is 2.00. The molecule has 0 heterocycles. The molecule has 0 fully saturated rings. The van der Waals surface area contributed by atoms with E-state index in [9.17, 15) is 27.9 Å². The number of aliphatic hydroxyl groups is 1. The summed E-state index contributed by atoms with van der Waals surface area (Å²) in [6, 6.07) is 15.8. The van der Waals surface area contributed by atoms with E-state index >= 15 is 0 Å². The summed E-state index contributed by atoms with van der Waals surface area (Å²) < 4.78 is 28.3. The van der Waals surface area contributed by atoms with Crippen LogP contribution in [0.1, 0.15) is 57.6 Å². The van der Waals surface area contributed by atoms with Crippen molar-refractivity contribution in [3.63, 3.8) is 0 Å². The Bertz CT molecular complexity index is 1390. The average molecular weight is 674 g/mol. The quantitative estimate of drug-likeness (QED) is 0.0567. The predicted molar refractivity (Wildman–Crippen MR) is 184 cm³/mol. The van der Waals surface area contributed by atoms with Gasteiger partial charge in [0.2, 0.25) is 27.7 Å². The van der Waals surface area contributed by atoms with Crippen molar-refractivity contribution < 1.29 is 27.9 Å². The average Bonchev–Trinajstić information content (AvgIpc) is 3.01. The van der Waals surface area contributed by atoms with Gasteiger partial charge in [0.05, 0.1) is 24.3 Å². The molecule has 0 saturated carbocycles. The first-order valence-electron chi connectivity index (χ1n) is 15.9. The first-order chi connectivity index (χ1) is 22.3. The van der Waals surface area contributed by atoms with E-state index in [-0.39, 0.29) is 49.3 Å². The number of nitrogens with one attached hydrogen (secondary N) is 4. The highest BCUT2D eigenvalue weighted by atomic mass is 32.2. The summed E-state index contributed by atoms with van der Waals surface area (Å²) in [6.07, 6.45) is 0.284. The van der Waals surface area contributed by atoms with Gasteiger partial charge in [0.15, 0.2) is 5.96 Å². The molecule has 0 bridgehead atoms. The summed E-state index contributed by atoms with van der Waals surface area (Å²) >= 11 is 0. The fraction of sp³-hybridized carbons (Fsp3) is 0.515.